The summed E-state index contributed by atoms with van der Waals surface area (Å²) in [6, 6.07) is 3.75. The normalized spacial score (nSPS) is 9.50. The monoisotopic (exact) mass is 254 g/mol. The molecule has 1 rings (SSSR count). The van der Waals surface area contributed by atoms with Crippen molar-refractivity contribution >= 4 is 15.9 Å². The van der Waals surface area contributed by atoms with Crippen LogP contribution < -0.4 is 0 Å². The van der Waals surface area contributed by atoms with E-state index in [1.54, 1.807) is 6.26 Å². The molecule has 2 heteroatoms. The van der Waals surface area contributed by atoms with Gasteiger partial charge in [-0.15, -0.1) is 0 Å². The second kappa shape index (κ2) is 7.70. The van der Waals surface area contributed by atoms with Crippen LogP contribution in [0.5, 0.6) is 0 Å². The Bertz CT molecular complexity index is 279. The van der Waals surface area contributed by atoms with Gasteiger partial charge < -0.3 is 4.42 Å². The molecule has 1 aromatic rings. The highest BCUT2D eigenvalue weighted by atomic mass is 79.9. The maximum absolute atomic E-state index is 5.10. The Morgan fingerprint density at radius 2 is 2.07 bits per heavy atom. The van der Waals surface area contributed by atoms with Crippen molar-refractivity contribution in [3.63, 3.8) is 0 Å². The van der Waals surface area contributed by atoms with Gasteiger partial charge in [0.25, 0.3) is 0 Å². The fraction of sp³-hybridized carbons (Fsp3) is 0.500. The first-order valence-corrected chi connectivity index (χ1v) is 6.14. The van der Waals surface area contributed by atoms with E-state index in [1.165, 1.54) is 25.7 Å². The summed E-state index contributed by atoms with van der Waals surface area (Å²) >= 11 is 3.42. The first-order valence-electron chi connectivity index (χ1n) is 5.02. The van der Waals surface area contributed by atoms with E-state index in [-0.39, 0.29) is 0 Å². The van der Waals surface area contributed by atoms with Crippen molar-refractivity contribution in [1.29, 1.82) is 0 Å². The number of hydrogen-bond donors (Lipinski definition) is 0. The molecule has 0 radical (unpaired) electrons. The third-order valence-corrected chi connectivity index (χ3v) is 2.48. The summed E-state index contributed by atoms with van der Waals surface area (Å²) in [5.74, 6) is 6.87. The standard InChI is InChI=1S/C12H15BrO/c13-10-6-4-2-1-3-5-8-12-9-7-11-14-12/h7,9,11H,1-4,6,10H2. The molecule has 0 aliphatic rings. The van der Waals surface area contributed by atoms with Gasteiger partial charge in [0.05, 0.1) is 6.26 Å². The zero-order chi connectivity index (χ0) is 10.1. The van der Waals surface area contributed by atoms with E-state index < -0.39 is 0 Å². The van der Waals surface area contributed by atoms with Gasteiger partial charge in [-0.05, 0) is 30.9 Å². The van der Waals surface area contributed by atoms with E-state index in [4.69, 9.17) is 4.42 Å². The number of rotatable bonds is 5. The molecule has 0 aliphatic carbocycles. The van der Waals surface area contributed by atoms with Crippen molar-refractivity contribution in [2.45, 2.75) is 32.1 Å². The van der Waals surface area contributed by atoms with Crippen molar-refractivity contribution in [3.05, 3.63) is 24.2 Å². The fourth-order valence-corrected chi connectivity index (χ4v) is 1.56. The quantitative estimate of drug-likeness (QED) is 0.440. The summed E-state index contributed by atoms with van der Waals surface area (Å²) < 4.78 is 5.10. The SMILES string of the molecule is BrCCCCCCC#Cc1ccco1. The molecule has 0 unspecified atom stereocenters. The lowest BCUT2D eigenvalue weighted by atomic mass is 10.1. The molecular formula is C12H15BrO. The van der Waals surface area contributed by atoms with Crippen molar-refractivity contribution < 1.29 is 4.42 Å². The predicted molar refractivity (Wildman–Crippen MR) is 62.5 cm³/mol. The highest BCUT2D eigenvalue weighted by Gasteiger charge is 1.88. The third kappa shape index (κ3) is 5.14. The molecule has 0 N–H and O–H groups in total. The Morgan fingerprint density at radius 3 is 2.79 bits per heavy atom. The van der Waals surface area contributed by atoms with Crippen LogP contribution in [0.25, 0.3) is 0 Å². The lowest BCUT2D eigenvalue weighted by molar-refractivity contribution is 0.554. The number of furan rings is 1. The maximum atomic E-state index is 5.10. The molecule has 1 heterocycles. The minimum atomic E-state index is 0.769. The number of alkyl halides is 1. The largest absolute Gasteiger partial charge is 0.456 e. The van der Waals surface area contributed by atoms with E-state index in [2.05, 4.69) is 27.8 Å². The lowest BCUT2D eigenvalue weighted by Gasteiger charge is -1.93. The van der Waals surface area contributed by atoms with E-state index in [0.717, 1.165) is 17.5 Å². The summed E-state index contributed by atoms with van der Waals surface area (Å²) in [5, 5.41) is 1.12. The highest BCUT2D eigenvalue weighted by molar-refractivity contribution is 9.09. The van der Waals surface area contributed by atoms with E-state index in [1.807, 2.05) is 12.1 Å². The Balaban J connectivity index is 2.03. The minimum Gasteiger partial charge on any atom is -0.456 e. The smallest absolute Gasteiger partial charge is 0.176 e. The Hall–Kier alpha value is -0.680. The molecular weight excluding hydrogens is 240 g/mol. The molecule has 0 bridgehead atoms. The van der Waals surface area contributed by atoms with Gasteiger partial charge in [0.1, 0.15) is 0 Å². The molecule has 0 atom stereocenters. The number of halogens is 1. The summed E-state index contributed by atoms with van der Waals surface area (Å²) in [6.07, 6.45) is 7.67. The van der Waals surface area contributed by atoms with Crippen molar-refractivity contribution in [2.75, 3.05) is 5.33 Å². The average molecular weight is 255 g/mol. The summed E-state index contributed by atoms with van der Waals surface area (Å²) in [5.41, 5.74) is 0. The van der Waals surface area contributed by atoms with Gasteiger partial charge in [0.15, 0.2) is 5.76 Å². The highest BCUT2D eigenvalue weighted by Crippen LogP contribution is 2.04. The molecule has 0 saturated carbocycles. The molecule has 1 nitrogen and oxygen atoms in total. The maximum Gasteiger partial charge on any atom is 0.176 e. The zero-order valence-electron chi connectivity index (χ0n) is 8.26. The van der Waals surface area contributed by atoms with Crippen LogP contribution in [0.2, 0.25) is 0 Å². The molecule has 0 spiro atoms. The molecule has 0 amide bonds. The first-order chi connectivity index (χ1) is 6.93. The second-order valence-electron chi connectivity index (χ2n) is 3.13. The Labute approximate surface area is 94.0 Å². The van der Waals surface area contributed by atoms with Crippen molar-refractivity contribution in [3.8, 4) is 11.8 Å². The van der Waals surface area contributed by atoms with Gasteiger partial charge in [-0.25, -0.2) is 0 Å². The van der Waals surface area contributed by atoms with Crippen LogP contribution in [-0.4, -0.2) is 5.33 Å². The van der Waals surface area contributed by atoms with Gasteiger partial charge in [0, 0.05) is 11.8 Å². The molecule has 76 valence electrons. The van der Waals surface area contributed by atoms with Crippen LogP contribution >= 0.6 is 15.9 Å². The van der Waals surface area contributed by atoms with Crippen LogP contribution in [0.1, 0.15) is 37.9 Å². The summed E-state index contributed by atoms with van der Waals surface area (Å²) in [6.45, 7) is 0. The first kappa shape index (κ1) is 11.4. The average Bonchev–Trinajstić information content (AvgIpc) is 2.69. The number of unbranched alkanes of at least 4 members (excludes halogenated alkanes) is 4. The topological polar surface area (TPSA) is 13.1 Å². The van der Waals surface area contributed by atoms with Gasteiger partial charge in [0.2, 0.25) is 0 Å². The van der Waals surface area contributed by atoms with Crippen molar-refractivity contribution in [1.82, 2.24) is 0 Å². The van der Waals surface area contributed by atoms with Crippen molar-refractivity contribution in [2.24, 2.45) is 0 Å². The van der Waals surface area contributed by atoms with Gasteiger partial charge in [-0.2, -0.15) is 0 Å². The molecule has 0 aliphatic heterocycles. The summed E-state index contributed by atoms with van der Waals surface area (Å²) in [7, 11) is 0. The molecule has 0 fully saturated rings. The molecule has 0 saturated heterocycles. The minimum absolute atomic E-state index is 0.769. The second-order valence-corrected chi connectivity index (χ2v) is 3.93. The summed E-state index contributed by atoms with van der Waals surface area (Å²) in [4.78, 5) is 0. The zero-order valence-corrected chi connectivity index (χ0v) is 9.85. The van der Waals surface area contributed by atoms with Crippen LogP contribution in [-0.2, 0) is 0 Å². The predicted octanol–water partition coefficient (Wildman–Crippen LogP) is 3.98. The fourth-order valence-electron chi connectivity index (χ4n) is 1.16. The Kier molecular flexibility index (Phi) is 6.27. The van der Waals surface area contributed by atoms with Crippen LogP contribution in [0.3, 0.4) is 0 Å². The molecule has 1 aromatic heterocycles. The van der Waals surface area contributed by atoms with Crippen LogP contribution in [0, 0.1) is 11.8 Å². The molecule has 14 heavy (non-hydrogen) atoms. The van der Waals surface area contributed by atoms with Crippen LogP contribution in [0.15, 0.2) is 22.8 Å². The van der Waals surface area contributed by atoms with Crippen LogP contribution in [0.4, 0.5) is 0 Å². The third-order valence-electron chi connectivity index (χ3n) is 1.92. The van der Waals surface area contributed by atoms with E-state index in [9.17, 15) is 0 Å². The van der Waals surface area contributed by atoms with Gasteiger partial charge in [-0.3, -0.25) is 0 Å². The van der Waals surface area contributed by atoms with E-state index in [0.29, 0.717) is 0 Å². The van der Waals surface area contributed by atoms with Gasteiger partial charge >= 0.3 is 0 Å². The molecule has 0 aromatic carbocycles. The van der Waals surface area contributed by atoms with E-state index >= 15 is 0 Å². The Morgan fingerprint density at radius 1 is 1.21 bits per heavy atom. The lowest BCUT2D eigenvalue weighted by Crippen LogP contribution is -1.78. The number of hydrogen-bond acceptors (Lipinski definition) is 1. The van der Waals surface area contributed by atoms with Gasteiger partial charge in [-0.1, -0.05) is 34.7 Å².